The van der Waals surface area contributed by atoms with Crippen LogP contribution in [0, 0.1) is 28.1 Å². The topological polar surface area (TPSA) is 115 Å². The van der Waals surface area contributed by atoms with Crippen LogP contribution >= 0.6 is 0 Å². The number of carbonyl (C=O) groups is 1. The molecule has 26 heavy (non-hydrogen) atoms. The van der Waals surface area contributed by atoms with Crippen molar-refractivity contribution >= 4 is 11.6 Å². The third-order valence-electron chi connectivity index (χ3n) is 5.96. The molecule has 2 atom stereocenters. The predicted molar refractivity (Wildman–Crippen MR) is 91.8 cm³/mol. The number of hydrogen-bond acceptors (Lipinski definition) is 6. The predicted octanol–water partition coefficient (Wildman–Crippen LogP) is 2.41. The molecule has 2 unspecified atom stereocenters. The van der Waals surface area contributed by atoms with Gasteiger partial charge >= 0.3 is 0 Å². The van der Waals surface area contributed by atoms with E-state index in [4.69, 9.17) is 0 Å². The molecule has 4 rings (SSSR count). The SMILES string of the molecule is CC1(C)C2CCC1(C(=O)Nc1cccnc1)c1nc(C#N)c(C#N)nc12. The molecule has 1 saturated carbocycles. The zero-order valence-corrected chi connectivity index (χ0v) is 14.4. The number of pyridine rings is 1. The molecule has 2 heterocycles. The van der Waals surface area contributed by atoms with Crippen LogP contribution in [0.2, 0.25) is 0 Å². The summed E-state index contributed by atoms with van der Waals surface area (Å²) in [4.78, 5) is 26.3. The Morgan fingerprint density at radius 2 is 2.00 bits per heavy atom. The lowest BCUT2D eigenvalue weighted by Crippen LogP contribution is -2.46. The van der Waals surface area contributed by atoms with Crippen LogP contribution in [-0.4, -0.2) is 20.9 Å². The summed E-state index contributed by atoms with van der Waals surface area (Å²) in [5, 5.41) is 21.5. The molecule has 128 valence electrons. The van der Waals surface area contributed by atoms with E-state index in [0.717, 1.165) is 6.42 Å². The van der Waals surface area contributed by atoms with Gasteiger partial charge in [0.2, 0.25) is 5.91 Å². The van der Waals surface area contributed by atoms with E-state index in [1.54, 1.807) is 24.5 Å². The number of rotatable bonds is 2. The fraction of sp³-hybridized carbons (Fsp3) is 0.368. The fourth-order valence-electron chi connectivity index (χ4n) is 4.59. The van der Waals surface area contributed by atoms with E-state index < -0.39 is 10.8 Å². The summed E-state index contributed by atoms with van der Waals surface area (Å²) in [6, 6.07) is 7.41. The van der Waals surface area contributed by atoms with Gasteiger partial charge in [-0.15, -0.1) is 0 Å². The molecule has 0 spiro atoms. The third-order valence-corrected chi connectivity index (χ3v) is 5.96. The van der Waals surface area contributed by atoms with Crippen molar-refractivity contribution in [1.29, 1.82) is 10.5 Å². The third kappa shape index (κ3) is 1.86. The van der Waals surface area contributed by atoms with Crippen molar-refractivity contribution in [2.75, 3.05) is 5.32 Å². The summed E-state index contributed by atoms with van der Waals surface area (Å²) < 4.78 is 0. The van der Waals surface area contributed by atoms with E-state index in [9.17, 15) is 15.3 Å². The van der Waals surface area contributed by atoms with E-state index in [2.05, 4.69) is 20.3 Å². The first-order chi connectivity index (χ1) is 12.5. The lowest BCUT2D eigenvalue weighted by Gasteiger charge is -2.36. The Balaban J connectivity index is 1.88. The number of carbonyl (C=O) groups excluding carboxylic acids is 1. The molecular formula is C19H16N6O. The molecule has 0 aromatic carbocycles. The Morgan fingerprint density at radius 1 is 1.27 bits per heavy atom. The first-order valence-corrected chi connectivity index (χ1v) is 8.40. The number of fused-ring (bicyclic) bond motifs is 5. The van der Waals surface area contributed by atoms with Gasteiger partial charge in [0.25, 0.3) is 0 Å². The fourth-order valence-corrected chi connectivity index (χ4v) is 4.59. The average molecular weight is 344 g/mol. The minimum Gasteiger partial charge on any atom is -0.324 e. The van der Waals surface area contributed by atoms with Gasteiger partial charge < -0.3 is 5.32 Å². The van der Waals surface area contributed by atoms with Crippen LogP contribution in [-0.2, 0) is 10.2 Å². The van der Waals surface area contributed by atoms with Gasteiger partial charge in [-0.3, -0.25) is 9.78 Å². The van der Waals surface area contributed by atoms with Gasteiger partial charge in [0.15, 0.2) is 11.4 Å². The molecule has 0 aliphatic heterocycles. The second-order valence-corrected chi connectivity index (χ2v) is 7.29. The van der Waals surface area contributed by atoms with Crippen LogP contribution in [0.15, 0.2) is 24.5 Å². The van der Waals surface area contributed by atoms with E-state index in [-0.39, 0.29) is 23.2 Å². The highest BCUT2D eigenvalue weighted by molar-refractivity contribution is 6.01. The number of nitrogens with zero attached hydrogens (tertiary/aromatic N) is 5. The minimum absolute atomic E-state index is 0.0249. The molecule has 0 saturated heterocycles. The normalized spacial score (nSPS) is 24.4. The van der Waals surface area contributed by atoms with Crippen molar-refractivity contribution in [2.24, 2.45) is 5.41 Å². The van der Waals surface area contributed by atoms with Crippen LogP contribution in [0.5, 0.6) is 0 Å². The Morgan fingerprint density at radius 3 is 2.65 bits per heavy atom. The first kappa shape index (κ1) is 16.2. The van der Waals surface area contributed by atoms with Gasteiger partial charge in [0, 0.05) is 12.1 Å². The largest absolute Gasteiger partial charge is 0.324 e. The number of nitriles is 2. The van der Waals surface area contributed by atoms with Gasteiger partial charge in [-0.1, -0.05) is 13.8 Å². The summed E-state index contributed by atoms with van der Waals surface area (Å²) in [5.74, 6) is -0.135. The molecule has 2 aliphatic rings. The van der Waals surface area contributed by atoms with Crippen LogP contribution in [0.3, 0.4) is 0 Å². The lowest BCUT2D eigenvalue weighted by atomic mass is 9.67. The quantitative estimate of drug-likeness (QED) is 0.894. The molecule has 1 amide bonds. The molecule has 0 radical (unpaired) electrons. The molecule has 7 nitrogen and oxygen atoms in total. The van der Waals surface area contributed by atoms with E-state index >= 15 is 0 Å². The van der Waals surface area contributed by atoms with Crippen LogP contribution in [0.4, 0.5) is 5.69 Å². The second-order valence-electron chi connectivity index (χ2n) is 7.29. The minimum atomic E-state index is -0.880. The van der Waals surface area contributed by atoms with Gasteiger partial charge in [0.05, 0.1) is 28.7 Å². The van der Waals surface area contributed by atoms with Crippen molar-refractivity contribution in [1.82, 2.24) is 15.0 Å². The molecule has 7 heteroatoms. The van der Waals surface area contributed by atoms with Gasteiger partial charge in [-0.05, 0) is 30.4 Å². The number of amides is 1. The Kier molecular flexibility index (Phi) is 3.32. The van der Waals surface area contributed by atoms with Crippen LogP contribution in [0.1, 0.15) is 55.4 Å². The summed E-state index contributed by atoms with van der Waals surface area (Å²) >= 11 is 0. The van der Waals surface area contributed by atoms with E-state index in [1.165, 1.54) is 0 Å². The molecule has 1 N–H and O–H groups in total. The maximum Gasteiger partial charge on any atom is 0.237 e. The maximum atomic E-state index is 13.4. The Hall–Kier alpha value is -3.32. The number of aromatic nitrogens is 3. The zero-order chi connectivity index (χ0) is 18.5. The van der Waals surface area contributed by atoms with E-state index in [1.807, 2.05) is 26.0 Å². The van der Waals surface area contributed by atoms with Crippen molar-refractivity contribution in [3.63, 3.8) is 0 Å². The number of hydrogen-bond donors (Lipinski definition) is 1. The molecule has 2 bridgehead atoms. The summed E-state index contributed by atoms with van der Waals surface area (Å²) in [7, 11) is 0. The summed E-state index contributed by atoms with van der Waals surface area (Å²) in [6.07, 6.45) is 4.67. The van der Waals surface area contributed by atoms with Crippen LogP contribution in [0.25, 0.3) is 0 Å². The highest BCUT2D eigenvalue weighted by Gasteiger charge is 2.68. The van der Waals surface area contributed by atoms with Crippen molar-refractivity contribution < 1.29 is 4.79 Å². The van der Waals surface area contributed by atoms with Gasteiger partial charge in [0.1, 0.15) is 12.1 Å². The molecule has 1 fully saturated rings. The Bertz CT molecular complexity index is 1000. The van der Waals surface area contributed by atoms with Gasteiger partial charge in [-0.2, -0.15) is 10.5 Å². The van der Waals surface area contributed by atoms with Crippen molar-refractivity contribution in [3.05, 3.63) is 47.3 Å². The molecule has 2 aromatic heterocycles. The van der Waals surface area contributed by atoms with Crippen LogP contribution < -0.4 is 5.32 Å². The molecular weight excluding hydrogens is 328 g/mol. The number of nitrogens with one attached hydrogen (secondary N) is 1. The Labute approximate surface area is 150 Å². The molecule has 2 aromatic rings. The van der Waals surface area contributed by atoms with Gasteiger partial charge in [-0.25, -0.2) is 9.97 Å². The number of anilines is 1. The molecule has 2 aliphatic carbocycles. The van der Waals surface area contributed by atoms with Crippen molar-refractivity contribution in [3.8, 4) is 12.1 Å². The smallest absolute Gasteiger partial charge is 0.237 e. The van der Waals surface area contributed by atoms with Crippen molar-refractivity contribution in [2.45, 2.75) is 38.0 Å². The summed E-state index contributed by atoms with van der Waals surface area (Å²) in [5.41, 5.74) is 0.536. The average Bonchev–Trinajstić information content (AvgIpc) is 3.03. The lowest BCUT2D eigenvalue weighted by molar-refractivity contribution is -0.124. The highest BCUT2D eigenvalue weighted by atomic mass is 16.2. The standard InChI is InChI=1S/C19H16N6O/c1-18(2)12-5-6-19(18,17(26)23-11-4-3-7-22-10-11)16-15(12)24-13(8-20)14(9-21)25-16/h3-4,7,10,12H,5-6H2,1-2H3,(H,23,26). The summed E-state index contributed by atoms with van der Waals surface area (Å²) in [6.45, 7) is 4.07. The maximum absolute atomic E-state index is 13.4. The second kappa shape index (κ2) is 5.34. The van der Waals surface area contributed by atoms with E-state index in [0.29, 0.717) is 23.5 Å². The zero-order valence-electron chi connectivity index (χ0n) is 14.4. The monoisotopic (exact) mass is 344 g/mol. The first-order valence-electron chi connectivity index (χ1n) is 8.40. The highest BCUT2D eigenvalue weighted by Crippen LogP contribution is 2.67.